The summed E-state index contributed by atoms with van der Waals surface area (Å²) in [5, 5.41) is 9.15. The van der Waals surface area contributed by atoms with Gasteiger partial charge in [-0.15, -0.1) is 0 Å². The molecule has 0 amide bonds. The summed E-state index contributed by atoms with van der Waals surface area (Å²) in [5.74, 6) is 0.867. The van der Waals surface area contributed by atoms with E-state index in [2.05, 4.69) is 52.0 Å². The smallest absolute Gasteiger partial charge is 0.119 e. The molecule has 0 bridgehead atoms. The molecule has 5 heteroatoms. The number of aromatic nitrogens is 4. The normalized spacial score (nSPS) is 11.7. The van der Waals surface area contributed by atoms with Crippen LogP contribution in [0.5, 0.6) is 5.75 Å². The van der Waals surface area contributed by atoms with Crippen molar-refractivity contribution in [2.75, 3.05) is 7.11 Å². The lowest BCUT2D eigenvalue weighted by molar-refractivity contribution is 0.415. The molecule has 0 radical (unpaired) electrons. The van der Waals surface area contributed by atoms with Gasteiger partial charge >= 0.3 is 0 Å². The Labute approximate surface area is 156 Å². The molecule has 0 aliphatic carbocycles. The van der Waals surface area contributed by atoms with Crippen LogP contribution in [0, 0.1) is 6.92 Å². The molecule has 0 saturated carbocycles. The maximum absolute atomic E-state index is 5.48. The second-order valence-corrected chi connectivity index (χ2v) is 6.99. The Kier molecular flexibility index (Phi) is 3.44. The Bertz CT molecular complexity index is 1310. The summed E-state index contributed by atoms with van der Waals surface area (Å²) in [6.07, 6.45) is 7.80. The lowest BCUT2D eigenvalue weighted by Gasteiger charge is -2.10. The number of nitrogens with zero attached hydrogens (tertiary/aromatic N) is 4. The van der Waals surface area contributed by atoms with Crippen LogP contribution in [-0.4, -0.2) is 26.4 Å². The topological polar surface area (TPSA) is 44.9 Å². The Balaban J connectivity index is 1.91. The number of hydrogen-bond acceptors (Lipinski definition) is 3. The Morgan fingerprint density at radius 1 is 1.04 bits per heavy atom. The zero-order chi connectivity index (χ0) is 18.5. The Morgan fingerprint density at radius 2 is 1.93 bits per heavy atom. The van der Waals surface area contributed by atoms with Crippen LogP contribution in [0.1, 0.15) is 11.1 Å². The molecule has 5 nitrogen and oxygen atoms in total. The fourth-order valence-corrected chi connectivity index (χ4v) is 4.08. The molecule has 5 aromatic rings. The third-order valence-electron chi connectivity index (χ3n) is 5.32. The van der Waals surface area contributed by atoms with E-state index in [1.165, 1.54) is 38.3 Å². The molecule has 0 fully saturated rings. The van der Waals surface area contributed by atoms with Crippen molar-refractivity contribution in [2.45, 2.75) is 13.5 Å². The fourth-order valence-electron chi connectivity index (χ4n) is 4.08. The minimum absolute atomic E-state index is 0.775. The summed E-state index contributed by atoms with van der Waals surface area (Å²) in [6, 6.07) is 10.6. The lowest BCUT2D eigenvalue weighted by Crippen LogP contribution is -2.00. The van der Waals surface area contributed by atoms with E-state index < -0.39 is 0 Å². The highest BCUT2D eigenvalue weighted by atomic mass is 16.5. The highest BCUT2D eigenvalue weighted by molar-refractivity contribution is 6.14. The summed E-state index contributed by atoms with van der Waals surface area (Å²) >= 11 is 0. The number of rotatable bonds is 3. The van der Waals surface area contributed by atoms with E-state index in [1.807, 2.05) is 36.4 Å². The second kappa shape index (κ2) is 5.84. The molecule has 0 aliphatic heterocycles. The van der Waals surface area contributed by atoms with Gasteiger partial charge in [-0.05, 0) is 48.2 Å². The molecule has 0 atom stereocenters. The quantitative estimate of drug-likeness (QED) is 0.480. The maximum atomic E-state index is 5.48. The van der Waals surface area contributed by atoms with E-state index in [9.17, 15) is 0 Å². The Hall–Kier alpha value is -3.34. The Morgan fingerprint density at radius 3 is 2.70 bits per heavy atom. The summed E-state index contributed by atoms with van der Waals surface area (Å²) < 4.78 is 9.72. The fraction of sp³-hybridized carbons (Fsp3) is 0.182. The summed E-state index contributed by atoms with van der Waals surface area (Å²) in [6.45, 7) is 2.97. The molecule has 5 rings (SSSR count). The van der Waals surface area contributed by atoms with Crippen molar-refractivity contribution in [3.63, 3.8) is 0 Å². The lowest BCUT2D eigenvalue weighted by atomic mass is 10.0. The number of hydrogen-bond donors (Lipinski definition) is 0. The second-order valence-electron chi connectivity index (χ2n) is 6.99. The van der Waals surface area contributed by atoms with Gasteiger partial charge in [0.05, 0.1) is 25.4 Å². The van der Waals surface area contributed by atoms with Crippen LogP contribution in [-0.2, 0) is 13.6 Å². The van der Waals surface area contributed by atoms with Crippen LogP contribution in [0.4, 0.5) is 0 Å². The molecule has 0 unspecified atom stereocenters. The van der Waals surface area contributed by atoms with Crippen molar-refractivity contribution in [1.82, 2.24) is 19.3 Å². The third-order valence-corrected chi connectivity index (χ3v) is 5.32. The summed E-state index contributed by atoms with van der Waals surface area (Å²) in [5.41, 5.74) is 4.90. The van der Waals surface area contributed by atoms with Gasteiger partial charge in [-0.1, -0.05) is 0 Å². The van der Waals surface area contributed by atoms with Gasteiger partial charge in [0.25, 0.3) is 0 Å². The first kappa shape index (κ1) is 15.9. The SMILES string of the molecule is COc1ccc2c(c1)c1cc3cnccc3c(C)c1n2Cc1cnn(C)c1. The first-order valence-electron chi connectivity index (χ1n) is 8.96. The van der Waals surface area contributed by atoms with E-state index >= 15 is 0 Å². The van der Waals surface area contributed by atoms with Crippen LogP contribution in [0.3, 0.4) is 0 Å². The molecule has 27 heavy (non-hydrogen) atoms. The molecular formula is C22H20N4O. The first-order chi connectivity index (χ1) is 13.2. The average Bonchev–Trinajstić information content (AvgIpc) is 3.23. The van der Waals surface area contributed by atoms with Crippen molar-refractivity contribution < 1.29 is 4.74 Å². The van der Waals surface area contributed by atoms with Crippen molar-refractivity contribution >= 4 is 32.6 Å². The molecule has 3 heterocycles. The van der Waals surface area contributed by atoms with E-state index in [0.29, 0.717) is 0 Å². The van der Waals surface area contributed by atoms with Crippen molar-refractivity contribution in [3.05, 3.63) is 66.2 Å². The number of aryl methyl sites for hydroxylation is 2. The average molecular weight is 356 g/mol. The predicted molar refractivity (Wildman–Crippen MR) is 108 cm³/mol. The van der Waals surface area contributed by atoms with Crippen LogP contribution < -0.4 is 4.74 Å². The van der Waals surface area contributed by atoms with Gasteiger partial charge in [-0.2, -0.15) is 5.10 Å². The number of ether oxygens (including phenoxy) is 1. The van der Waals surface area contributed by atoms with Crippen molar-refractivity contribution in [3.8, 4) is 5.75 Å². The van der Waals surface area contributed by atoms with Crippen LogP contribution in [0.2, 0.25) is 0 Å². The zero-order valence-electron chi connectivity index (χ0n) is 15.6. The minimum Gasteiger partial charge on any atom is -0.497 e. The number of fused-ring (bicyclic) bond motifs is 4. The first-order valence-corrected chi connectivity index (χ1v) is 8.96. The van der Waals surface area contributed by atoms with Gasteiger partial charge < -0.3 is 9.30 Å². The van der Waals surface area contributed by atoms with E-state index in [0.717, 1.165) is 17.7 Å². The predicted octanol–water partition coefficient (Wildman–Crippen LogP) is 4.44. The van der Waals surface area contributed by atoms with Crippen LogP contribution in [0.25, 0.3) is 32.6 Å². The highest BCUT2D eigenvalue weighted by Crippen LogP contribution is 2.37. The van der Waals surface area contributed by atoms with Gasteiger partial charge in [0.1, 0.15) is 5.75 Å². The summed E-state index contributed by atoms with van der Waals surface area (Å²) in [4.78, 5) is 4.31. The van der Waals surface area contributed by atoms with Crippen molar-refractivity contribution in [2.24, 2.45) is 7.05 Å². The molecule has 0 spiro atoms. The minimum atomic E-state index is 0.775. The largest absolute Gasteiger partial charge is 0.497 e. The van der Waals surface area contributed by atoms with Crippen molar-refractivity contribution in [1.29, 1.82) is 0 Å². The van der Waals surface area contributed by atoms with E-state index in [-0.39, 0.29) is 0 Å². The van der Waals surface area contributed by atoms with Gasteiger partial charge in [-0.3, -0.25) is 9.67 Å². The van der Waals surface area contributed by atoms with Gasteiger partial charge in [0.2, 0.25) is 0 Å². The molecule has 3 aromatic heterocycles. The summed E-state index contributed by atoms with van der Waals surface area (Å²) in [7, 11) is 3.66. The van der Waals surface area contributed by atoms with Crippen LogP contribution in [0.15, 0.2) is 55.1 Å². The number of pyridine rings is 1. The number of methoxy groups -OCH3 is 1. The monoisotopic (exact) mass is 356 g/mol. The van der Waals surface area contributed by atoms with Gasteiger partial charge in [-0.25, -0.2) is 0 Å². The van der Waals surface area contributed by atoms with E-state index in [1.54, 1.807) is 7.11 Å². The highest BCUT2D eigenvalue weighted by Gasteiger charge is 2.16. The van der Waals surface area contributed by atoms with Gasteiger partial charge in [0, 0.05) is 52.9 Å². The molecule has 2 aromatic carbocycles. The van der Waals surface area contributed by atoms with E-state index in [4.69, 9.17) is 4.74 Å². The number of benzene rings is 2. The molecule has 0 saturated heterocycles. The standard InChI is InChI=1S/C22H20N4O/c1-14-18-6-7-23-11-16(18)8-20-19-9-17(27-3)4-5-21(19)26(22(14)20)13-15-10-24-25(2)12-15/h4-12H,13H2,1-3H3. The third kappa shape index (κ3) is 2.39. The van der Waals surface area contributed by atoms with Gasteiger partial charge in [0.15, 0.2) is 0 Å². The van der Waals surface area contributed by atoms with Crippen LogP contribution >= 0.6 is 0 Å². The molecule has 134 valence electrons. The maximum Gasteiger partial charge on any atom is 0.119 e. The molecular weight excluding hydrogens is 336 g/mol. The molecule has 0 aliphatic rings. The molecule has 0 N–H and O–H groups in total. The zero-order valence-corrected chi connectivity index (χ0v) is 15.6.